The summed E-state index contributed by atoms with van der Waals surface area (Å²) in [6, 6.07) is 7.93. The largest absolute Gasteiger partial charge is 0.419 e. The van der Waals surface area contributed by atoms with Crippen LogP contribution < -0.4 is 11.1 Å². The molecular weight excluding hydrogens is 216 g/mol. The molecule has 0 bridgehead atoms. The minimum absolute atomic E-state index is 0.269. The van der Waals surface area contributed by atoms with E-state index in [1.165, 1.54) is 0 Å². The van der Waals surface area contributed by atoms with Crippen molar-refractivity contribution in [2.75, 3.05) is 6.54 Å². The fourth-order valence-corrected chi connectivity index (χ4v) is 2.00. The third-order valence-corrected chi connectivity index (χ3v) is 2.91. The minimum Gasteiger partial charge on any atom is -0.408 e. The predicted molar refractivity (Wildman–Crippen MR) is 68.2 cm³/mol. The third kappa shape index (κ3) is 2.58. The molecule has 0 fully saturated rings. The molecule has 0 amide bonds. The Hall–Kier alpha value is -1.55. The van der Waals surface area contributed by atoms with Crippen LogP contribution in [-0.2, 0) is 6.54 Å². The molecule has 0 aliphatic carbocycles. The van der Waals surface area contributed by atoms with Crippen LogP contribution in [0.5, 0.6) is 0 Å². The molecule has 17 heavy (non-hydrogen) atoms. The second-order valence-corrected chi connectivity index (χ2v) is 4.23. The Labute approximate surface area is 100 Å². The number of nitrogens with one attached hydrogen (secondary N) is 1. The van der Waals surface area contributed by atoms with Crippen molar-refractivity contribution < 1.29 is 4.42 Å². The van der Waals surface area contributed by atoms with Crippen LogP contribution in [0.2, 0.25) is 0 Å². The molecule has 0 saturated heterocycles. The van der Waals surface area contributed by atoms with Crippen molar-refractivity contribution in [3.63, 3.8) is 0 Å². The lowest BCUT2D eigenvalue weighted by atomic mass is 10.2. The van der Waals surface area contributed by atoms with E-state index in [2.05, 4.69) is 19.2 Å². The molecular formula is C13H18N2O2. The van der Waals surface area contributed by atoms with Crippen LogP contribution in [0, 0.1) is 0 Å². The van der Waals surface area contributed by atoms with E-state index in [1.54, 1.807) is 4.57 Å². The van der Waals surface area contributed by atoms with Crippen LogP contribution in [0.1, 0.15) is 20.3 Å². The van der Waals surface area contributed by atoms with Gasteiger partial charge in [0.25, 0.3) is 0 Å². The van der Waals surface area contributed by atoms with Gasteiger partial charge in [-0.05, 0) is 32.0 Å². The van der Waals surface area contributed by atoms with Gasteiger partial charge in [-0.2, -0.15) is 0 Å². The highest BCUT2D eigenvalue weighted by molar-refractivity contribution is 5.72. The molecule has 0 radical (unpaired) electrons. The summed E-state index contributed by atoms with van der Waals surface area (Å²) < 4.78 is 6.88. The van der Waals surface area contributed by atoms with Gasteiger partial charge in [-0.3, -0.25) is 4.57 Å². The van der Waals surface area contributed by atoms with E-state index in [9.17, 15) is 4.79 Å². The van der Waals surface area contributed by atoms with Crippen molar-refractivity contribution in [1.82, 2.24) is 9.88 Å². The fraction of sp³-hybridized carbons (Fsp3) is 0.462. The molecule has 92 valence electrons. The Morgan fingerprint density at radius 1 is 1.41 bits per heavy atom. The van der Waals surface area contributed by atoms with Crippen molar-refractivity contribution in [2.45, 2.75) is 32.9 Å². The van der Waals surface area contributed by atoms with E-state index in [0.717, 1.165) is 18.5 Å². The van der Waals surface area contributed by atoms with Crippen molar-refractivity contribution >= 4 is 11.1 Å². The SMILES string of the molecule is CCNC(C)CCn1c(=O)oc2ccccc21. The van der Waals surface area contributed by atoms with Crippen LogP contribution in [0.25, 0.3) is 11.1 Å². The zero-order chi connectivity index (χ0) is 12.3. The number of benzene rings is 1. The summed E-state index contributed by atoms with van der Waals surface area (Å²) in [4.78, 5) is 11.7. The van der Waals surface area contributed by atoms with E-state index in [1.807, 2.05) is 24.3 Å². The van der Waals surface area contributed by atoms with Crippen LogP contribution >= 0.6 is 0 Å². The summed E-state index contributed by atoms with van der Waals surface area (Å²) in [5.41, 5.74) is 1.54. The molecule has 0 aliphatic rings. The van der Waals surface area contributed by atoms with Crippen LogP contribution in [0.3, 0.4) is 0 Å². The summed E-state index contributed by atoms with van der Waals surface area (Å²) in [6.45, 7) is 5.83. The number of nitrogens with zero attached hydrogens (tertiary/aromatic N) is 1. The molecule has 0 spiro atoms. The predicted octanol–water partition coefficient (Wildman–Crippen LogP) is 1.98. The lowest BCUT2D eigenvalue weighted by molar-refractivity contribution is 0.455. The van der Waals surface area contributed by atoms with Gasteiger partial charge in [0.1, 0.15) is 0 Å². The van der Waals surface area contributed by atoms with E-state index < -0.39 is 0 Å². The van der Waals surface area contributed by atoms with Crippen LogP contribution in [0.15, 0.2) is 33.5 Å². The minimum atomic E-state index is -0.269. The number of fused-ring (bicyclic) bond motifs is 1. The van der Waals surface area contributed by atoms with Gasteiger partial charge >= 0.3 is 5.76 Å². The summed E-state index contributed by atoms with van der Waals surface area (Å²) in [6.07, 6.45) is 0.914. The van der Waals surface area contributed by atoms with Gasteiger partial charge < -0.3 is 9.73 Å². The first-order chi connectivity index (χ1) is 8.22. The summed E-state index contributed by atoms with van der Waals surface area (Å²) in [5, 5.41) is 3.33. The van der Waals surface area contributed by atoms with Crippen molar-refractivity contribution in [2.24, 2.45) is 0 Å². The van der Waals surface area contributed by atoms with Crippen molar-refractivity contribution in [3.05, 3.63) is 34.8 Å². The van der Waals surface area contributed by atoms with Gasteiger partial charge in [-0.1, -0.05) is 19.1 Å². The smallest absolute Gasteiger partial charge is 0.408 e. The second-order valence-electron chi connectivity index (χ2n) is 4.23. The van der Waals surface area contributed by atoms with Gasteiger partial charge in [-0.15, -0.1) is 0 Å². The Balaban J connectivity index is 2.18. The molecule has 1 N–H and O–H groups in total. The average Bonchev–Trinajstić information content (AvgIpc) is 2.62. The lowest BCUT2D eigenvalue weighted by Crippen LogP contribution is -2.28. The van der Waals surface area contributed by atoms with E-state index in [-0.39, 0.29) is 5.76 Å². The average molecular weight is 234 g/mol. The normalized spacial score (nSPS) is 13.1. The summed E-state index contributed by atoms with van der Waals surface area (Å²) in [7, 11) is 0. The molecule has 2 aromatic rings. The fourth-order valence-electron chi connectivity index (χ4n) is 2.00. The first-order valence-electron chi connectivity index (χ1n) is 6.04. The second kappa shape index (κ2) is 5.19. The molecule has 0 saturated carbocycles. The topological polar surface area (TPSA) is 47.2 Å². The van der Waals surface area contributed by atoms with Gasteiger partial charge in [0.2, 0.25) is 0 Å². The van der Waals surface area contributed by atoms with E-state index in [4.69, 9.17) is 4.42 Å². The van der Waals surface area contributed by atoms with Gasteiger partial charge in [0.15, 0.2) is 5.58 Å². The number of aryl methyl sites for hydroxylation is 1. The molecule has 0 aliphatic heterocycles. The molecule has 1 atom stereocenters. The number of aromatic nitrogens is 1. The Kier molecular flexibility index (Phi) is 3.64. The molecule has 1 unspecified atom stereocenters. The zero-order valence-electron chi connectivity index (χ0n) is 10.3. The molecule has 1 heterocycles. The molecule has 1 aromatic heterocycles. The third-order valence-electron chi connectivity index (χ3n) is 2.91. The number of hydrogen-bond donors (Lipinski definition) is 1. The van der Waals surface area contributed by atoms with Crippen molar-refractivity contribution in [3.8, 4) is 0 Å². The first kappa shape index (κ1) is 11.9. The molecule has 4 nitrogen and oxygen atoms in total. The lowest BCUT2D eigenvalue weighted by Gasteiger charge is -2.11. The summed E-state index contributed by atoms with van der Waals surface area (Å²) >= 11 is 0. The first-order valence-corrected chi connectivity index (χ1v) is 6.04. The Morgan fingerprint density at radius 2 is 2.18 bits per heavy atom. The van der Waals surface area contributed by atoms with Gasteiger partial charge in [0.05, 0.1) is 5.52 Å². The van der Waals surface area contributed by atoms with Crippen LogP contribution in [0.4, 0.5) is 0 Å². The van der Waals surface area contributed by atoms with Crippen LogP contribution in [-0.4, -0.2) is 17.2 Å². The number of para-hydroxylation sites is 2. The van der Waals surface area contributed by atoms with Gasteiger partial charge in [0, 0.05) is 12.6 Å². The maximum Gasteiger partial charge on any atom is 0.419 e. The highest BCUT2D eigenvalue weighted by atomic mass is 16.4. The van der Waals surface area contributed by atoms with Crippen molar-refractivity contribution in [1.29, 1.82) is 0 Å². The quantitative estimate of drug-likeness (QED) is 0.860. The van der Waals surface area contributed by atoms with Gasteiger partial charge in [-0.25, -0.2) is 4.79 Å². The number of hydrogen-bond acceptors (Lipinski definition) is 3. The molecule has 1 aromatic carbocycles. The van der Waals surface area contributed by atoms with E-state index in [0.29, 0.717) is 18.2 Å². The van der Waals surface area contributed by atoms with E-state index >= 15 is 0 Å². The summed E-state index contributed by atoms with van der Waals surface area (Å²) in [5.74, 6) is -0.269. The number of oxazole rings is 1. The highest BCUT2D eigenvalue weighted by Crippen LogP contribution is 2.12. The Bertz CT molecular complexity index is 542. The molecule has 2 rings (SSSR count). The highest BCUT2D eigenvalue weighted by Gasteiger charge is 2.09. The maximum absolute atomic E-state index is 11.7. The standard InChI is InChI=1S/C13H18N2O2/c1-3-14-10(2)8-9-15-11-6-4-5-7-12(11)17-13(15)16/h4-7,10,14H,3,8-9H2,1-2H3. The zero-order valence-corrected chi connectivity index (χ0v) is 10.3. The maximum atomic E-state index is 11.7. The Morgan fingerprint density at radius 3 is 2.94 bits per heavy atom. The molecule has 4 heteroatoms. The number of rotatable bonds is 5. The monoisotopic (exact) mass is 234 g/mol.